The van der Waals surface area contributed by atoms with Crippen molar-refractivity contribution in [3.05, 3.63) is 0 Å². The fraction of sp³-hybridized carbons (Fsp3) is 0.923. The van der Waals surface area contributed by atoms with Crippen LogP contribution in [0.4, 0.5) is 0 Å². The molecule has 17 heavy (non-hydrogen) atoms. The minimum Gasteiger partial charge on any atom is -0.352 e. The first-order valence-electron chi connectivity index (χ1n) is 6.82. The van der Waals surface area contributed by atoms with E-state index in [9.17, 15) is 4.79 Å². The predicted molar refractivity (Wildman–Crippen MR) is 70.8 cm³/mol. The van der Waals surface area contributed by atoms with E-state index in [1.54, 1.807) is 0 Å². The standard InChI is InChI=1S/C13H27N3O/c1-10(2)16(9-8-14)11(3)13(17)15-12-6-4-5-7-12/h10-12H,4-9,14H2,1-3H3,(H,15,17). The van der Waals surface area contributed by atoms with E-state index in [0.29, 0.717) is 18.6 Å². The third kappa shape index (κ3) is 4.28. The molecule has 0 bridgehead atoms. The van der Waals surface area contributed by atoms with Crippen LogP contribution in [0.3, 0.4) is 0 Å². The van der Waals surface area contributed by atoms with Crippen molar-refractivity contribution in [3.63, 3.8) is 0 Å². The molecule has 0 aromatic heterocycles. The molecule has 3 N–H and O–H groups in total. The number of rotatable bonds is 6. The second-order valence-corrected chi connectivity index (χ2v) is 5.29. The number of nitrogens with two attached hydrogens (primary N) is 1. The van der Waals surface area contributed by atoms with Crippen molar-refractivity contribution in [2.45, 2.75) is 64.6 Å². The van der Waals surface area contributed by atoms with Crippen LogP contribution in [-0.2, 0) is 4.79 Å². The average molecular weight is 241 g/mol. The topological polar surface area (TPSA) is 58.4 Å². The lowest BCUT2D eigenvalue weighted by atomic mass is 10.1. The first-order chi connectivity index (χ1) is 8.06. The Morgan fingerprint density at radius 1 is 1.35 bits per heavy atom. The number of nitrogens with zero attached hydrogens (tertiary/aromatic N) is 1. The molecule has 4 heteroatoms. The van der Waals surface area contributed by atoms with Crippen LogP contribution in [0.25, 0.3) is 0 Å². The van der Waals surface area contributed by atoms with Gasteiger partial charge in [-0.3, -0.25) is 9.69 Å². The summed E-state index contributed by atoms with van der Waals surface area (Å²) >= 11 is 0. The summed E-state index contributed by atoms with van der Waals surface area (Å²) in [6.45, 7) is 7.56. The Hall–Kier alpha value is -0.610. The van der Waals surface area contributed by atoms with E-state index in [4.69, 9.17) is 5.73 Å². The van der Waals surface area contributed by atoms with E-state index >= 15 is 0 Å². The summed E-state index contributed by atoms with van der Waals surface area (Å²) in [7, 11) is 0. The quantitative estimate of drug-likeness (QED) is 0.732. The molecule has 0 heterocycles. The monoisotopic (exact) mass is 241 g/mol. The second-order valence-electron chi connectivity index (χ2n) is 5.29. The van der Waals surface area contributed by atoms with Gasteiger partial charge in [0.15, 0.2) is 0 Å². The lowest BCUT2D eigenvalue weighted by molar-refractivity contribution is -0.127. The molecule has 4 nitrogen and oxygen atoms in total. The van der Waals surface area contributed by atoms with E-state index < -0.39 is 0 Å². The highest BCUT2D eigenvalue weighted by atomic mass is 16.2. The van der Waals surface area contributed by atoms with Crippen LogP contribution in [0.2, 0.25) is 0 Å². The van der Waals surface area contributed by atoms with Gasteiger partial charge in [-0.2, -0.15) is 0 Å². The normalized spacial score (nSPS) is 18.9. The molecule has 1 aliphatic rings. The van der Waals surface area contributed by atoms with E-state index in [1.807, 2.05) is 6.92 Å². The van der Waals surface area contributed by atoms with Gasteiger partial charge in [0.1, 0.15) is 0 Å². The molecule has 0 spiro atoms. The van der Waals surface area contributed by atoms with Gasteiger partial charge in [-0.1, -0.05) is 12.8 Å². The zero-order valence-electron chi connectivity index (χ0n) is 11.4. The maximum absolute atomic E-state index is 12.1. The van der Waals surface area contributed by atoms with Crippen LogP contribution in [-0.4, -0.2) is 42.0 Å². The van der Waals surface area contributed by atoms with Gasteiger partial charge in [-0.05, 0) is 33.6 Å². The fourth-order valence-electron chi connectivity index (χ4n) is 2.59. The van der Waals surface area contributed by atoms with Gasteiger partial charge in [0.2, 0.25) is 5.91 Å². The van der Waals surface area contributed by atoms with Crippen molar-refractivity contribution < 1.29 is 4.79 Å². The lowest BCUT2D eigenvalue weighted by Gasteiger charge is -2.32. The van der Waals surface area contributed by atoms with Gasteiger partial charge in [0.05, 0.1) is 6.04 Å². The maximum atomic E-state index is 12.1. The molecule has 1 aliphatic carbocycles. The molecule has 100 valence electrons. The van der Waals surface area contributed by atoms with Gasteiger partial charge in [-0.25, -0.2) is 0 Å². The fourth-order valence-corrected chi connectivity index (χ4v) is 2.59. The highest BCUT2D eigenvalue weighted by molar-refractivity contribution is 5.81. The third-order valence-electron chi connectivity index (χ3n) is 3.63. The summed E-state index contributed by atoms with van der Waals surface area (Å²) in [5.41, 5.74) is 5.60. The Morgan fingerprint density at radius 2 is 1.94 bits per heavy atom. The van der Waals surface area contributed by atoms with Crippen LogP contribution in [0.15, 0.2) is 0 Å². The third-order valence-corrected chi connectivity index (χ3v) is 3.63. The van der Waals surface area contributed by atoms with Crippen LogP contribution in [0, 0.1) is 0 Å². The maximum Gasteiger partial charge on any atom is 0.237 e. The lowest BCUT2D eigenvalue weighted by Crippen LogP contribution is -2.51. The van der Waals surface area contributed by atoms with Crippen LogP contribution >= 0.6 is 0 Å². The minimum atomic E-state index is -0.0841. The molecule has 1 atom stereocenters. The highest BCUT2D eigenvalue weighted by Gasteiger charge is 2.25. The smallest absolute Gasteiger partial charge is 0.237 e. The van der Waals surface area contributed by atoms with Crippen molar-refractivity contribution >= 4 is 5.91 Å². The molecule has 0 radical (unpaired) electrons. The first-order valence-corrected chi connectivity index (χ1v) is 6.82. The van der Waals surface area contributed by atoms with E-state index in [-0.39, 0.29) is 11.9 Å². The molecular formula is C13H27N3O. The van der Waals surface area contributed by atoms with E-state index in [2.05, 4.69) is 24.1 Å². The predicted octanol–water partition coefficient (Wildman–Crippen LogP) is 1.10. The molecule has 1 fully saturated rings. The Kier molecular flexibility index (Phi) is 5.92. The zero-order valence-corrected chi connectivity index (χ0v) is 11.4. The van der Waals surface area contributed by atoms with Crippen molar-refractivity contribution in [2.24, 2.45) is 5.73 Å². The first kappa shape index (κ1) is 14.5. The zero-order chi connectivity index (χ0) is 12.8. The van der Waals surface area contributed by atoms with Crippen molar-refractivity contribution in [3.8, 4) is 0 Å². The van der Waals surface area contributed by atoms with Gasteiger partial charge in [0, 0.05) is 25.2 Å². The van der Waals surface area contributed by atoms with Gasteiger partial charge >= 0.3 is 0 Å². The number of hydrogen-bond acceptors (Lipinski definition) is 3. The molecule has 0 aromatic rings. The second kappa shape index (κ2) is 6.97. The van der Waals surface area contributed by atoms with Crippen molar-refractivity contribution in [1.82, 2.24) is 10.2 Å². The minimum absolute atomic E-state index is 0.0841. The molecule has 1 unspecified atom stereocenters. The summed E-state index contributed by atoms with van der Waals surface area (Å²) in [5.74, 6) is 0.152. The molecule has 1 rings (SSSR count). The Balaban J connectivity index is 2.47. The Labute approximate surface area is 105 Å². The van der Waals surface area contributed by atoms with E-state index in [0.717, 1.165) is 19.4 Å². The SMILES string of the molecule is CC(C)N(CCN)C(C)C(=O)NC1CCCC1. The Morgan fingerprint density at radius 3 is 2.41 bits per heavy atom. The summed E-state index contributed by atoms with van der Waals surface area (Å²) in [4.78, 5) is 14.3. The number of carbonyl (C=O) groups is 1. The largest absolute Gasteiger partial charge is 0.352 e. The molecule has 1 saturated carbocycles. The summed E-state index contributed by atoms with van der Waals surface area (Å²) in [5, 5.41) is 3.15. The van der Waals surface area contributed by atoms with Gasteiger partial charge < -0.3 is 11.1 Å². The number of nitrogens with one attached hydrogen (secondary N) is 1. The number of hydrogen-bond donors (Lipinski definition) is 2. The van der Waals surface area contributed by atoms with Crippen LogP contribution in [0.1, 0.15) is 46.5 Å². The van der Waals surface area contributed by atoms with Crippen molar-refractivity contribution in [2.75, 3.05) is 13.1 Å². The summed E-state index contributed by atoms with van der Waals surface area (Å²) in [6, 6.07) is 0.666. The molecule has 0 saturated heterocycles. The number of carbonyl (C=O) groups excluding carboxylic acids is 1. The molecule has 0 aliphatic heterocycles. The van der Waals surface area contributed by atoms with Crippen molar-refractivity contribution in [1.29, 1.82) is 0 Å². The average Bonchev–Trinajstić information content (AvgIpc) is 2.77. The van der Waals surface area contributed by atoms with Crippen LogP contribution in [0.5, 0.6) is 0 Å². The molecule has 1 amide bonds. The molecule has 0 aromatic carbocycles. The molecular weight excluding hydrogens is 214 g/mol. The van der Waals surface area contributed by atoms with E-state index in [1.165, 1.54) is 12.8 Å². The summed E-state index contributed by atoms with van der Waals surface area (Å²) in [6.07, 6.45) is 4.76. The van der Waals surface area contributed by atoms with Crippen LogP contribution < -0.4 is 11.1 Å². The van der Waals surface area contributed by atoms with Gasteiger partial charge in [-0.15, -0.1) is 0 Å². The summed E-state index contributed by atoms with van der Waals surface area (Å²) < 4.78 is 0. The Bertz CT molecular complexity index is 237. The number of amides is 1. The highest BCUT2D eigenvalue weighted by Crippen LogP contribution is 2.18. The van der Waals surface area contributed by atoms with Gasteiger partial charge in [0.25, 0.3) is 0 Å².